The van der Waals surface area contributed by atoms with E-state index in [9.17, 15) is 0 Å². The van der Waals surface area contributed by atoms with Crippen molar-refractivity contribution in [3.63, 3.8) is 0 Å². The molecule has 0 bridgehead atoms. The summed E-state index contributed by atoms with van der Waals surface area (Å²) in [7, 11) is 6.22. The monoisotopic (exact) mass is 345 g/mol. The molecule has 0 aliphatic rings. The first-order valence-corrected chi connectivity index (χ1v) is 9.01. The van der Waals surface area contributed by atoms with Gasteiger partial charge in [0, 0.05) is 24.0 Å². The largest absolute Gasteiger partial charge is 0.321 e. The number of aryl methyl sites for hydroxylation is 2. The second-order valence-corrected chi connectivity index (χ2v) is 6.82. The molecule has 2 aromatic heterocycles. The minimum Gasteiger partial charge on any atom is -0.321 e. The average molecular weight is 345 g/mol. The van der Waals surface area contributed by atoms with Gasteiger partial charge in [-0.1, -0.05) is 42.6 Å². The molecule has 0 spiro atoms. The molecular weight excluding hydrogens is 321 g/mol. The Balaban J connectivity index is 1.88. The molecule has 0 aliphatic heterocycles. The second kappa shape index (κ2) is 7.73. The molecule has 2 radical (unpaired) electrons. The van der Waals surface area contributed by atoms with Crippen molar-refractivity contribution in [1.82, 2.24) is 19.7 Å². The summed E-state index contributed by atoms with van der Waals surface area (Å²) in [5, 5.41) is 7.56. The Bertz CT molecular complexity index is 901. The first-order valence-electron chi connectivity index (χ1n) is 9.01. The fraction of sp³-hybridized carbons (Fsp3) is 0.350. The Labute approximate surface area is 156 Å². The molecule has 132 valence electrons. The minimum atomic E-state index is 0.310. The second-order valence-electron chi connectivity index (χ2n) is 6.82. The number of aromatic nitrogens is 4. The molecule has 6 heteroatoms. The van der Waals surface area contributed by atoms with Crippen LogP contribution < -0.4 is 10.8 Å². The third-order valence-electron chi connectivity index (χ3n) is 4.30. The van der Waals surface area contributed by atoms with E-state index in [2.05, 4.69) is 48.3 Å². The van der Waals surface area contributed by atoms with Crippen LogP contribution in [0.4, 0.5) is 11.6 Å². The third-order valence-corrected chi connectivity index (χ3v) is 4.30. The number of rotatable bonds is 6. The molecule has 2 heterocycles. The smallest absolute Gasteiger partial charge is 0.227 e. The third kappa shape index (κ3) is 3.95. The van der Waals surface area contributed by atoms with Crippen LogP contribution in [0.5, 0.6) is 0 Å². The number of nitrogens with one attached hydrogen (secondary N) is 1. The van der Waals surface area contributed by atoms with Crippen LogP contribution in [-0.2, 0) is 6.42 Å². The van der Waals surface area contributed by atoms with E-state index in [0.717, 1.165) is 40.8 Å². The first kappa shape index (κ1) is 18.2. The normalized spacial score (nSPS) is 11.1. The molecule has 0 amide bonds. The van der Waals surface area contributed by atoms with Gasteiger partial charge in [0.05, 0.1) is 17.6 Å². The molecule has 0 aliphatic carbocycles. The Hall–Kier alpha value is -2.63. The van der Waals surface area contributed by atoms with Gasteiger partial charge >= 0.3 is 0 Å². The highest BCUT2D eigenvalue weighted by molar-refractivity contribution is 6.33. The fourth-order valence-electron chi connectivity index (χ4n) is 2.85. The van der Waals surface area contributed by atoms with E-state index in [1.165, 1.54) is 5.56 Å². The molecule has 3 rings (SSSR count). The molecule has 1 aromatic carbocycles. The lowest BCUT2D eigenvalue weighted by atomic mass is 9.86. The fourth-order valence-corrected chi connectivity index (χ4v) is 2.85. The van der Waals surface area contributed by atoms with E-state index in [0.29, 0.717) is 12.0 Å². The Kier molecular flexibility index (Phi) is 5.40. The van der Waals surface area contributed by atoms with Gasteiger partial charge in [-0.15, -0.1) is 0 Å². The van der Waals surface area contributed by atoms with E-state index >= 15 is 0 Å². The molecule has 0 fully saturated rings. The van der Waals surface area contributed by atoms with Gasteiger partial charge in [0.25, 0.3) is 0 Å². The summed E-state index contributed by atoms with van der Waals surface area (Å²) in [6.45, 7) is 8.33. The molecule has 3 aromatic rings. The Morgan fingerprint density at radius 2 is 2.04 bits per heavy atom. The zero-order valence-electron chi connectivity index (χ0n) is 15.8. The molecule has 5 nitrogen and oxygen atoms in total. The van der Waals surface area contributed by atoms with Gasteiger partial charge in [0.15, 0.2) is 0 Å². The number of nitrogens with zero attached hydrogens (tertiary/aromatic N) is 4. The summed E-state index contributed by atoms with van der Waals surface area (Å²) in [6, 6.07) is 6.48. The molecule has 0 saturated carbocycles. The molecule has 26 heavy (non-hydrogen) atoms. The summed E-state index contributed by atoms with van der Waals surface area (Å²) >= 11 is 0. The summed E-state index contributed by atoms with van der Waals surface area (Å²) < 4.78 is 1.89. The van der Waals surface area contributed by atoms with Gasteiger partial charge in [-0.3, -0.25) is 4.68 Å². The van der Waals surface area contributed by atoms with Crippen molar-refractivity contribution >= 4 is 24.9 Å². The lowest BCUT2D eigenvalue weighted by Crippen LogP contribution is -2.11. The number of anilines is 2. The van der Waals surface area contributed by atoms with E-state index < -0.39 is 0 Å². The van der Waals surface area contributed by atoms with E-state index in [1.54, 1.807) is 6.20 Å². The minimum absolute atomic E-state index is 0.310. The van der Waals surface area contributed by atoms with Crippen LogP contribution in [0.3, 0.4) is 0 Å². The van der Waals surface area contributed by atoms with Gasteiger partial charge < -0.3 is 5.32 Å². The van der Waals surface area contributed by atoms with Gasteiger partial charge in [-0.25, -0.2) is 9.97 Å². The molecule has 1 N–H and O–H groups in total. The Morgan fingerprint density at radius 3 is 2.69 bits per heavy atom. The Morgan fingerprint density at radius 1 is 1.23 bits per heavy atom. The van der Waals surface area contributed by atoms with Gasteiger partial charge in [-0.2, -0.15) is 5.10 Å². The summed E-state index contributed by atoms with van der Waals surface area (Å²) in [5.74, 6) is 0.546. The molecule has 0 saturated heterocycles. The summed E-state index contributed by atoms with van der Waals surface area (Å²) in [4.78, 5) is 9.09. The standard InChI is InChI=1S/C20H24BN5/c1-5-6-15-7-8-16(9-18(15)21)19-14(4)10-22-20(25-19)24-17-11-23-26(12-17)13(2)3/h7-13H,5-6H2,1-4H3,(H,22,24,25). The van der Waals surface area contributed by atoms with Crippen LogP contribution in [-0.4, -0.2) is 27.6 Å². The van der Waals surface area contributed by atoms with Crippen LogP contribution in [0, 0.1) is 6.92 Å². The zero-order valence-corrected chi connectivity index (χ0v) is 15.8. The van der Waals surface area contributed by atoms with Crippen LogP contribution in [0.25, 0.3) is 11.3 Å². The topological polar surface area (TPSA) is 55.6 Å². The average Bonchev–Trinajstić information content (AvgIpc) is 3.07. The van der Waals surface area contributed by atoms with E-state index in [4.69, 9.17) is 12.8 Å². The molecule has 0 unspecified atom stereocenters. The molecule has 0 atom stereocenters. The van der Waals surface area contributed by atoms with Gasteiger partial charge in [0.2, 0.25) is 5.95 Å². The van der Waals surface area contributed by atoms with Crippen LogP contribution in [0.15, 0.2) is 36.8 Å². The zero-order chi connectivity index (χ0) is 18.7. The maximum absolute atomic E-state index is 6.22. The highest BCUT2D eigenvalue weighted by atomic mass is 15.3. The van der Waals surface area contributed by atoms with Crippen molar-refractivity contribution in [3.05, 3.63) is 47.9 Å². The van der Waals surface area contributed by atoms with Gasteiger partial charge in [-0.05, 0) is 32.8 Å². The SMILES string of the molecule is [B]c1cc(-c2nc(Nc3cnn(C(C)C)c3)ncc2C)ccc1CCC. The number of hydrogen-bond donors (Lipinski definition) is 1. The maximum atomic E-state index is 6.22. The van der Waals surface area contributed by atoms with Crippen LogP contribution >= 0.6 is 0 Å². The summed E-state index contributed by atoms with van der Waals surface area (Å²) in [5.41, 5.74) is 5.76. The van der Waals surface area contributed by atoms with Crippen molar-refractivity contribution in [2.75, 3.05) is 5.32 Å². The number of benzene rings is 1. The first-order chi connectivity index (χ1) is 12.5. The van der Waals surface area contributed by atoms with E-state index in [1.807, 2.05) is 30.1 Å². The van der Waals surface area contributed by atoms with Crippen molar-refractivity contribution < 1.29 is 0 Å². The maximum Gasteiger partial charge on any atom is 0.227 e. The quantitative estimate of drug-likeness (QED) is 0.692. The van der Waals surface area contributed by atoms with Crippen molar-refractivity contribution in [3.8, 4) is 11.3 Å². The van der Waals surface area contributed by atoms with Crippen LogP contribution in [0.2, 0.25) is 0 Å². The van der Waals surface area contributed by atoms with E-state index in [-0.39, 0.29) is 0 Å². The van der Waals surface area contributed by atoms with Crippen molar-refractivity contribution in [2.24, 2.45) is 0 Å². The lowest BCUT2D eigenvalue weighted by molar-refractivity contribution is 0.532. The predicted octanol–water partition coefficient (Wildman–Crippen LogP) is 3.72. The van der Waals surface area contributed by atoms with Gasteiger partial charge in [0.1, 0.15) is 7.85 Å². The lowest BCUT2D eigenvalue weighted by Gasteiger charge is -2.11. The predicted molar refractivity (Wildman–Crippen MR) is 107 cm³/mol. The van der Waals surface area contributed by atoms with Crippen molar-refractivity contribution in [2.45, 2.75) is 46.6 Å². The number of hydrogen-bond acceptors (Lipinski definition) is 4. The highest BCUT2D eigenvalue weighted by Crippen LogP contribution is 2.23. The highest BCUT2D eigenvalue weighted by Gasteiger charge is 2.10. The summed E-state index contributed by atoms with van der Waals surface area (Å²) in [6.07, 6.45) is 7.62. The molecular formula is C20H24BN5. The van der Waals surface area contributed by atoms with Crippen LogP contribution in [0.1, 0.15) is 44.4 Å². The van der Waals surface area contributed by atoms with Crippen molar-refractivity contribution in [1.29, 1.82) is 0 Å².